The molecule has 1 amide bonds. The van der Waals surface area contributed by atoms with Crippen molar-refractivity contribution in [3.05, 3.63) is 83.4 Å². The summed E-state index contributed by atoms with van der Waals surface area (Å²) in [5.41, 5.74) is 3.74. The molecule has 1 heterocycles. The van der Waals surface area contributed by atoms with E-state index in [4.69, 9.17) is 4.74 Å². The summed E-state index contributed by atoms with van der Waals surface area (Å²) >= 11 is 0. The molecule has 0 aliphatic rings. The second kappa shape index (κ2) is 8.59. The van der Waals surface area contributed by atoms with Crippen LogP contribution in [0.15, 0.2) is 66.7 Å². The Labute approximate surface area is 179 Å². The van der Waals surface area contributed by atoms with Crippen LogP contribution >= 0.6 is 0 Å². The Morgan fingerprint density at radius 3 is 2.65 bits per heavy atom. The average molecular weight is 411 g/mol. The summed E-state index contributed by atoms with van der Waals surface area (Å²) in [5.74, 6) is 0.806. The Bertz CT molecular complexity index is 1270. The first-order valence-corrected chi connectivity index (χ1v) is 9.73. The van der Waals surface area contributed by atoms with Crippen LogP contribution < -0.4 is 15.0 Å². The van der Waals surface area contributed by atoms with Gasteiger partial charge in [-0.15, -0.1) is 0 Å². The molecule has 0 atom stereocenters. The fourth-order valence-corrected chi connectivity index (χ4v) is 3.19. The zero-order chi connectivity index (χ0) is 21.8. The van der Waals surface area contributed by atoms with E-state index >= 15 is 0 Å². The van der Waals surface area contributed by atoms with E-state index in [1.54, 1.807) is 18.2 Å². The average Bonchev–Trinajstić information content (AvgIpc) is 3.19. The minimum absolute atomic E-state index is 0.243. The minimum Gasteiger partial charge on any atom is -0.489 e. The molecule has 7 nitrogen and oxygen atoms in total. The Morgan fingerprint density at radius 1 is 1.13 bits per heavy atom. The van der Waals surface area contributed by atoms with Crippen molar-refractivity contribution in [1.29, 1.82) is 5.26 Å². The fourth-order valence-electron chi connectivity index (χ4n) is 3.19. The van der Waals surface area contributed by atoms with Gasteiger partial charge in [0.05, 0.1) is 17.1 Å². The number of amides is 1. The van der Waals surface area contributed by atoms with Crippen LogP contribution in [0.25, 0.3) is 10.9 Å². The predicted octanol–water partition coefficient (Wildman–Crippen LogP) is 4.33. The third-order valence-electron chi connectivity index (χ3n) is 4.94. The summed E-state index contributed by atoms with van der Waals surface area (Å²) in [6, 6.07) is 22.3. The molecule has 0 bridgehead atoms. The molecule has 4 aromatic rings. The van der Waals surface area contributed by atoms with E-state index in [1.807, 2.05) is 67.5 Å². The highest BCUT2D eigenvalue weighted by Gasteiger charge is 2.13. The third kappa shape index (κ3) is 4.33. The quantitative estimate of drug-likeness (QED) is 0.492. The molecule has 7 heteroatoms. The van der Waals surface area contributed by atoms with Gasteiger partial charge in [-0.1, -0.05) is 18.2 Å². The van der Waals surface area contributed by atoms with Crippen molar-refractivity contribution in [3.8, 4) is 11.8 Å². The van der Waals surface area contributed by atoms with Gasteiger partial charge in [0.25, 0.3) is 5.91 Å². The van der Waals surface area contributed by atoms with Gasteiger partial charge in [0.15, 0.2) is 5.82 Å². The molecule has 0 spiro atoms. The van der Waals surface area contributed by atoms with Crippen LogP contribution in [0.1, 0.15) is 21.5 Å². The number of H-pyrrole nitrogens is 1. The number of nitrogens with zero attached hydrogens (tertiary/aromatic N) is 3. The third-order valence-corrected chi connectivity index (χ3v) is 4.94. The van der Waals surface area contributed by atoms with Crippen molar-refractivity contribution in [1.82, 2.24) is 10.2 Å². The number of benzene rings is 3. The fraction of sp³-hybridized carbons (Fsp3) is 0.125. The molecular formula is C24H21N5O2. The molecule has 1 aromatic heterocycles. The lowest BCUT2D eigenvalue weighted by atomic mass is 10.1. The van der Waals surface area contributed by atoms with Gasteiger partial charge >= 0.3 is 0 Å². The van der Waals surface area contributed by atoms with Crippen molar-refractivity contribution in [2.45, 2.75) is 6.61 Å². The van der Waals surface area contributed by atoms with E-state index in [9.17, 15) is 10.1 Å². The van der Waals surface area contributed by atoms with Crippen LogP contribution in [0, 0.1) is 11.3 Å². The normalized spacial score (nSPS) is 10.5. The number of hydrogen-bond donors (Lipinski definition) is 2. The van der Waals surface area contributed by atoms with E-state index in [1.165, 1.54) is 0 Å². The van der Waals surface area contributed by atoms with E-state index in [-0.39, 0.29) is 12.5 Å². The molecule has 0 aliphatic carbocycles. The molecule has 0 saturated carbocycles. The van der Waals surface area contributed by atoms with Gasteiger partial charge in [0, 0.05) is 36.3 Å². The summed E-state index contributed by atoms with van der Waals surface area (Å²) in [6.07, 6.45) is 0. The summed E-state index contributed by atoms with van der Waals surface area (Å²) < 4.78 is 5.88. The van der Waals surface area contributed by atoms with E-state index in [2.05, 4.69) is 21.6 Å². The molecule has 4 rings (SSSR count). The van der Waals surface area contributed by atoms with E-state index < -0.39 is 0 Å². The van der Waals surface area contributed by atoms with Crippen LogP contribution in [0.3, 0.4) is 0 Å². The number of aromatic amines is 1. The zero-order valence-corrected chi connectivity index (χ0v) is 17.2. The maximum absolute atomic E-state index is 12.7. The number of aromatic nitrogens is 2. The second-order valence-electron chi connectivity index (χ2n) is 7.23. The van der Waals surface area contributed by atoms with Gasteiger partial charge in [-0.05, 0) is 48.5 Å². The molecule has 0 fully saturated rings. The van der Waals surface area contributed by atoms with Crippen molar-refractivity contribution >= 4 is 28.3 Å². The number of anilines is 2. The van der Waals surface area contributed by atoms with Crippen molar-refractivity contribution < 1.29 is 9.53 Å². The number of fused-ring (bicyclic) bond motifs is 1. The number of nitrogens with one attached hydrogen (secondary N) is 2. The van der Waals surface area contributed by atoms with Crippen LogP contribution in [0.4, 0.5) is 11.5 Å². The summed E-state index contributed by atoms with van der Waals surface area (Å²) in [5, 5.41) is 20.0. The first-order valence-electron chi connectivity index (χ1n) is 9.73. The lowest BCUT2D eigenvalue weighted by molar-refractivity contribution is 0.102. The van der Waals surface area contributed by atoms with Crippen LogP contribution in [-0.4, -0.2) is 30.2 Å². The molecule has 2 N–H and O–H groups in total. The standard InChI is InChI=1S/C24H21N5O2/c1-29(2)19-9-7-16(8-10-19)24(30)26-23-21-13-20(11-12-22(21)27-28-23)31-15-18-6-4-3-5-17(18)14-25/h3-13H,15H2,1-2H3,(H2,26,27,28,30). The molecule has 3 aromatic carbocycles. The van der Waals surface area contributed by atoms with E-state index in [0.717, 1.165) is 22.2 Å². The lowest BCUT2D eigenvalue weighted by Crippen LogP contribution is -2.13. The minimum atomic E-state index is -0.243. The molecule has 0 radical (unpaired) electrons. The van der Waals surface area contributed by atoms with Gasteiger partial charge in [-0.2, -0.15) is 10.4 Å². The summed E-state index contributed by atoms with van der Waals surface area (Å²) in [4.78, 5) is 14.6. The molecule has 0 saturated heterocycles. The maximum atomic E-state index is 12.7. The van der Waals surface area contributed by atoms with Crippen molar-refractivity contribution in [2.75, 3.05) is 24.3 Å². The van der Waals surface area contributed by atoms with Crippen LogP contribution in [-0.2, 0) is 6.61 Å². The molecular weight excluding hydrogens is 390 g/mol. The summed E-state index contributed by atoms with van der Waals surface area (Å²) in [6.45, 7) is 0.271. The second-order valence-corrected chi connectivity index (χ2v) is 7.23. The Morgan fingerprint density at radius 2 is 1.90 bits per heavy atom. The predicted molar refractivity (Wildman–Crippen MR) is 120 cm³/mol. The Hall–Kier alpha value is -4.31. The monoisotopic (exact) mass is 411 g/mol. The van der Waals surface area contributed by atoms with Crippen molar-refractivity contribution in [2.24, 2.45) is 0 Å². The highest BCUT2D eigenvalue weighted by Crippen LogP contribution is 2.26. The van der Waals surface area contributed by atoms with Gasteiger partial charge in [-0.3, -0.25) is 9.89 Å². The number of nitriles is 1. The molecule has 0 aliphatic heterocycles. The number of carbonyl (C=O) groups excluding carboxylic acids is 1. The zero-order valence-electron chi connectivity index (χ0n) is 17.2. The number of rotatable bonds is 6. The van der Waals surface area contributed by atoms with E-state index in [0.29, 0.717) is 22.7 Å². The van der Waals surface area contributed by atoms with Gasteiger partial charge < -0.3 is 15.0 Å². The van der Waals surface area contributed by atoms with Gasteiger partial charge in [-0.25, -0.2) is 0 Å². The number of ether oxygens (including phenoxy) is 1. The Kier molecular flexibility index (Phi) is 5.54. The largest absolute Gasteiger partial charge is 0.489 e. The molecule has 0 unspecified atom stereocenters. The molecule has 31 heavy (non-hydrogen) atoms. The first kappa shape index (κ1) is 20.0. The highest BCUT2D eigenvalue weighted by atomic mass is 16.5. The summed E-state index contributed by atoms with van der Waals surface area (Å²) in [7, 11) is 3.90. The van der Waals surface area contributed by atoms with Crippen molar-refractivity contribution in [3.63, 3.8) is 0 Å². The first-order chi connectivity index (χ1) is 15.0. The van der Waals surface area contributed by atoms with Crippen LogP contribution in [0.5, 0.6) is 5.75 Å². The number of carbonyl (C=O) groups is 1. The Balaban J connectivity index is 1.51. The topological polar surface area (TPSA) is 94.0 Å². The smallest absolute Gasteiger partial charge is 0.256 e. The van der Waals surface area contributed by atoms with Gasteiger partial charge in [0.2, 0.25) is 0 Å². The van der Waals surface area contributed by atoms with Crippen LogP contribution in [0.2, 0.25) is 0 Å². The number of hydrogen-bond acceptors (Lipinski definition) is 5. The SMILES string of the molecule is CN(C)c1ccc(C(=O)Nc2n[nH]c3ccc(OCc4ccccc4C#N)cc23)cc1. The highest BCUT2D eigenvalue weighted by molar-refractivity contribution is 6.08. The van der Waals surface area contributed by atoms with Gasteiger partial charge in [0.1, 0.15) is 12.4 Å². The lowest BCUT2D eigenvalue weighted by Gasteiger charge is -2.12. The maximum Gasteiger partial charge on any atom is 0.256 e. The molecule has 154 valence electrons.